The van der Waals surface area contributed by atoms with Crippen LogP contribution in [-0.4, -0.2) is 29.4 Å². The molecule has 0 aromatic rings. The minimum absolute atomic E-state index is 0. The van der Waals surface area contributed by atoms with E-state index >= 15 is 0 Å². The summed E-state index contributed by atoms with van der Waals surface area (Å²) in [5.74, 6) is 0. The molecule has 0 aliphatic heterocycles. The van der Waals surface area contributed by atoms with Gasteiger partial charge in [0, 0.05) is 5.25 Å². The molecule has 0 bridgehead atoms. The van der Waals surface area contributed by atoms with Crippen LogP contribution < -0.4 is 51.4 Å². The molecule has 0 amide bonds. The topological polar surface area (TPSA) is 77.4 Å². The largest absolute Gasteiger partial charge is 1.00 e. The van der Waals surface area contributed by atoms with Gasteiger partial charge in [-0.3, -0.25) is 0 Å². The Morgan fingerprint density at radius 3 is 1.39 bits per heavy atom. The predicted octanol–water partition coefficient (Wildman–Crippen LogP) is 3.33. The van der Waals surface area contributed by atoms with Crippen LogP contribution in [0.4, 0.5) is 0 Å². The molecule has 4 nitrogen and oxygen atoms in total. The van der Waals surface area contributed by atoms with Crippen LogP contribution in [0.25, 0.3) is 0 Å². The van der Waals surface area contributed by atoms with E-state index in [-0.39, 0.29) is 57.5 Å². The Labute approximate surface area is 218 Å². The first-order valence-electron chi connectivity index (χ1n) is 11.5. The van der Waals surface area contributed by atoms with Gasteiger partial charge in [-0.25, -0.2) is 8.42 Å². The first kappa shape index (κ1) is 31.7. The van der Waals surface area contributed by atoms with Crippen molar-refractivity contribution in [2.75, 3.05) is 0 Å². The second kappa shape index (κ2) is 21.7. The summed E-state index contributed by atoms with van der Waals surface area (Å²) < 4.78 is 34.3. The Bertz CT molecular complexity index is 415. The van der Waals surface area contributed by atoms with Crippen LogP contribution in [0.1, 0.15) is 129 Å². The summed E-state index contributed by atoms with van der Waals surface area (Å²) in [5, 5.41) is 8.83. The molecule has 0 radical (unpaired) electrons. The quantitative estimate of drug-likeness (QED) is 0.177. The van der Waals surface area contributed by atoms with Gasteiger partial charge in [-0.1, -0.05) is 104 Å². The van der Waals surface area contributed by atoms with Crippen LogP contribution in [0.5, 0.6) is 0 Å². The van der Waals surface area contributed by atoms with E-state index in [1.165, 1.54) is 44.9 Å². The molecule has 0 heterocycles. The molecule has 6 heteroatoms. The van der Waals surface area contributed by atoms with Crippen molar-refractivity contribution >= 4 is 10.1 Å². The van der Waals surface area contributed by atoms with Crippen LogP contribution in [-0.2, 0) is 10.1 Å². The predicted molar refractivity (Wildman–Crippen MR) is 114 cm³/mol. The van der Waals surface area contributed by atoms with Gasteiger partial charge in [0.25, 0.3) is 0 Å². The van der Waals surface area contributed by atoms with Crippen LogP contribution >= 0.6 is 0 Å². The van der Waals surface area contributed by atoms with Crippen molar-refractivity contribution in [3.63, 3.8) is 0 Å². The summed E-state index contributed by atoms with van der Waals surface area (Å²) >= 11 is 0. The molecular weight excluding hydrogens is 399 g/mol. The van der Waals surface area contributed by atoms with Gasteiger partial charge < -0.3 is 9.66 Å². The molecule has 2 unspecified atom stereocenters. The van der Waals surface area contributed by atoms with Gasteiger partial charge in [-0.15, -0.1) is 0 Å². The second-order valence-corrected chi connectivity index (χ2v) is 9.79. The summed E-state index contributed by atoms with van der Waals surface area (Å²) in [7, 11) is -4.14. The van der Waals surface area contributed by atoms with Gasteiger partial charge >= 0.3 is 51.4 Å². The SMILES string of the molecule is CCCCCCCC(CCCCCCCCCCCC(O)CC)S(=O)(=O)[O-].[K+]. The fraction of sp³-hybridized carbons (Fsp3) is 1.00. The zero-order chi connectivity index (χ0) is 20.4. The minimum Gasteiger partial charge on any atom is -0.748 e. The van der Waals surface area contributed by atoms with E-state index in [2.05, 4.69) is 6.92 Å². The summed E-state index contributed by atoms with van der Waals surface area (Å²) in [4.78, 5) is 0. The number of aliphatic hydroxyl groups is 1. The molecule has 0 saturated carbocycles. The average Bonchev–Trinajstić information content (AvgIpc) is 2.62. The summed E-state index contributed by atoms with van der Waals surface area (Å²) in [6.45, 7) is 4.18. The van der Waals surface area contributed by atoms with Crippen LogP contribution in [0.3, 0.4) is 0 Å². The van der Waals surface area contributed by atoms with Crippen molar-refractivity contribution < 1.29 is 69.5 Å². The van der Waals surface area contributed by atoms with Gasteiger partial charge in [0.2, 0.25) is 0 Å². The Hall–Kier alpha value is 1.51. The first-order chi connectivity index (χ1) is 12.9. The van der Waals surface area contributed by atoms with Crippen molar-refractivity contribution in [1.29, 1.82) is 0 Å². The minimum atomic E-state index is -4.14. The van der Waals surface area contributed by atoms with Gasteiger partial charge in [-0.05, 0) is 25.7 Å². The number of unbranched alkanes of at least 4 members (excludes halogenated alkanes) is 12. The molecule has 1 N–H and O–H groups in total. The third kappa shape index (κ3) is 20.8. The molecule has 0 aliphatic rings. The number of aliphatic hydroxyl groups excluding tert-OH is 1. The maximum Gasteiger partial charge on any atom is 1.00 e. The molecule has 0 rings (SSSR count). The number of rotatable bonds is 20. The maximum absolute atomic E-state index is 11.4. The van der Waals surface area contributed by atoms with E-state index in [9.17, 15) is 18.1 Å². The monoisotopic (exact) mass is 444 g/mol. The molecule has 0 fully saturated rings. The van der Waals surface area contributed by atoms with Crippen molar-refractivity contribution in [1.82, 2.24) is 0 Å². The Morgan fingerprint density at radius 1 is 0.679 bits per heavy atom. The molecular formula is C22H45KO4S. The smallest absolute Gasteiger partial charge is 0.748 e. The molecule has 164 valence electrons. The van der Waals surface area contributed by atoms with E-state index < -0.39 is 15.4 Å². The maximum atomic E-state index is 11.4. The van der Waals surface area contributed by atoms with Gasteiger partial charge in [0.05, 0.1) is 16.2 Å². The molecule has 0 saturated heterocycles. The Balaban J connectivity index is 0. The molecule has 0 aromatic carbocycles. The van der Waals surface area contributed by atoms with Gasteiger partial charge in [0.15, 0.2) is 0 Å². The molecule has 28 heavy (non-hydrogen) atoms. The van der Waals surface area contributed by atoms with Gasteiger partial charge in [0.1, 0.15) is 0 Å². The summed E-state index contributed by atoms with van der Waals surface area (Å²) in [6.07, 6.45) is 18.4. The first-order valence-corrected chi connectivity index (χ1v) is 13.0. The van der Waals surface area contributed by atoms with E-state index in [1.807, 2.05) is 6.92 Å². The van der Waals surface area contributed by atoms with Crippen LogP contribution in [0.15, 0.2) is 0 Å². The fourth-order valence-electron chi connectivity index (χ4n) is 3.60. The van der Waals surface area contributed by atoms with Crippen molar-refractivity contribution in [2.24, 2.45) is 0 Å². The third-order valence-corrected chi connectivity index (χ3v) is 6.86. The van der Waals surface area contributed by atoms with E-state index in [1.54, 1.807) is 0 Å². The summed E-state index contributed by atoms with van der Waals surface area (Å²) in [6, 6.07) is 0. The summed E-state index contributed by atoms with van der Waals surface area (Å²) in [5.41, 5.74) is 0. The van der Waals surface area contributed by atoms with Crippen molar-refractivity contribution in [3.05, 3.63) is 0 Å². The van der Waals surface area contributed by atoms with Crippen molar-refractivity contribution in [3.8, 4) is 0 Å². The average molecular weight is 445 g/mol. The number of hydrogen-bond acceptors (Lipinski definition) is 4. The van der Waals surface area contributed by atoms with Gasteiger partial charge in [-0.2, -0.15) is 0 Å². The van der Waals surface area contributed by atoms with Crippen LogP contribution in [0.2, 0.25) is 0 Å². The molecule has 0 aromatic heterocycles. The van der Waals surface area contributed by atoms with Crippen LogP contribution in [0, 0.1) is 0 Å². The zero-order valence-corrected chi connectivity index (χ0v) is 22.9. The molecule has 2 atom stereocenters. The van der Waals surface area contributed by atoms with E-state index in [0.717, 1.165) is 57.8 Å². The Morgan fingerprint density at radius 2 is 1.04 bits per heavy atom. The van der Waals surface area contributed by atoms with Crippen molar-refractivity contribution in [2.45, 2.75) is 141 Å². The fourth-order valence-corrected chi connectivity index (χ4v) is 4.51. The van der Waals surface area contributed by atoms with E-state index in [4.69, 9.17) is 0 Å². The normalized spacial score (nSPS) is 13.9. The molecule has 0 spiro atoms. The molecule has 0 aliphatic carbocycles. The second-order valence-electron chi connectivity index (χ2n) is 8.14. The number of hydrogen-bond donors (Lipinski definition) is 1. The Kier molecular flexibility index (Phi) is 24.6. The third-order valence-electron chi connectivity index (χ3n) is 5.57. The zero-order valence-electron chi connectivity index (χ0n) is 19.0. The standard InChI is InChI=1S/C22H46O4S.K/c1-3-5-6-12-16-19-22(27(24,25)26)20-17-14-11-9-7-8-10-13-15-18-21(23)4-2;/h21-23H,3-20H2,1-2H3,(H,24,25,26);/q;+1/p-1. The van der Waals surface area contributed by atoms with E-state index in [0.29, 0.717) is 12.8 Å².